The fraction of sp³-hybridized carbons (Fsp3) is 0.410. The van der Waals surface area contributed by atoms with Crippen molar-refractivity contribution < 1.29 is 33.8 Å². The second-order valence-corrected chi connectivity index (χ2v) is 23.6. The second kappa shape index (κ2) is 21.2. The lowest BCUT2D eigenvalue weighted by molar-refractivity contribution is -0.134. The standard InChI is InChI=1S/C61H66N8O7S/c1-35-41(54-46(61(2,3)4)33-51(63-56(54)59(74)75)69-31-28-38-10-8-12-42(45(38)34-69)57(72)65-60-62-47-13-6-7-15-50(47)77-60)11-9-14-49(35)76-40-20-16-36(17-21-40)18-25-53(71)68-29-26-37(27-30-68)39-19-22-43-48(32-39)67(5)66-55(43)44-23-24-52(70)64-58(44)73/h6-15,19,22,32-33,36-37,40,44H,16-18,20-21,23-31,34H2,1-5H3,(H,74,75)(H,62,65,72)(H,64,70,73). The zero-order valence-corrected chi connectivity index (χ0v) is 45.3. The van der Waals surface area contributed by atoms with Gasteiger partial charge in [-0.15, -0.1) is 0 Å². The number of fused-ring (bicyclic) bond motifs is 3. The van der Waals surface area contributed by atoms with E-state index < -0.39 is 17.3 Å². The van der Waals surface area contributed by atoms with Crippen LogP contribution in [0.25, 0.3) is 32.2 Å². The Labute approximate surface area is 452 Å². The van der Waals surface area contributed by atoms with E-state index in [9.17, 15) is 29.1 Å². The zero-order chi connectivity index (χ0) is 53.7. The number of likely N-dealkylation sites (tertiary alicyclic amines) is 1. The summed E-state index contributed by atoms with van der Waals surface area (Å²) in [7, 11) is 1.90. The number of imide groups is 1. The molecule has 16 heteroatoms. The number of carbonyl (C=O) groups is 5. The molecule has 4 aliphatic rings. The van der Waals surface area contributed by atoms with Crippen LogP contribution in [0, 0.1) is 12.8 Å². The number of anilines is 2. The van der Waals surface area contributed by atoms with E-state index in [4.69, 9.17) is 14.8 Å². The van der Waals surface area contributed by atoms with Crippen LogP contribution in [0.15, 0.2) is 84.9 Å². The Morgan fingerprint density at radius 3 is 2.40 bits per heavy atom. The molecule has 1 atom stereocenters. The molecule has 4 aromatic carbocycles. The van der Waals surface area contributed by atoms with Crippen LogP contribution in [0.2, 0.25) is 0 Å². The zero-order valence-electron chi connectivity index (χ0n) is 44.5. The minimum atomic E-state index is -1.11. The van der Waals surface area contributed by atoms with Crippen LogP contribution in [-0.4, -0.2) is 85.1 Å². The van der Waals surface area contributed by atoms with Gasteiger partial charge in [-0.1, -0.05) is 80.6 Å². The van der Waals surface area contributed by atoms with E-state index in [0.29, 0.717) is 78.4 Å². The van der Waals surface area contributed by atoms with E-state index in [0.717, 1.165) is 113 Å². The summed E-state index contributed by atoms with van der Waals surface area (Å²) in [6, 6.07) is 27.9. The quantitative estimate of drug-likeness (QED) is 0.0988. The van der Waals surface area contributed by atoms with E-state index in [1.54, 1.807) is 0 Å². The predicted octanol–water partition coefficient (Wildman–Crippen LogP) is 11.0. The van der Waals surface area contributed by atoms with Crippen molar-refractivity contribution in [3.05, 3.63) is 130 Å². The third kappa shape index (κ3) is 10.6. The molecule has 0 bridgehead atoms. The molecule has 3 N–H and O–H groups in total. The highest BCUT2D eigenvalue weighted by atomic mass is 32.1. The number of aromatic carboxylic acids is 1. The second-order valence-electron chi connectivity index (χ2n) is 22.5. The number of ether oxygens (including phenoxy) is 1. The Balaban J connectivity index is 0.711. The number of para-hydroxylation sites is 1. The van der Waals surface area contributed by atoms with Crippen LogP contribution in [0.4, 0.5) is 10.9 Å². The molecule has 3 fully saturated rings. The van der Waals surface area contributed by atoms with Crippen molar-refractivity contribution in [3.8, 4) is 16.9 Å². The first-order valence-corrected chi connectivity index (χ1v) is 28.0. The Bertz CT molecular complexity index is 3440. The fourth-order valence-corrected chi connectivity index (χ4v) is 13.1. The van der Waals surface area contributed by atoms with Gasteiger partial charge < -0.3 is 19.6 Å². The topological polar surface area (TPSA) is 189 Å². The number of nitrogens with one attached hydrogen (secondary N) is 2. The number of carbonyl (C=O) groups excluding carboxylic acids is 4. The molecule has 15 nitrogen and oxygen atoms in total. The van der Waals surface area contributed by atoms with Crippen molar-refractivity contribution in [3.63, 3.8) is 0 Å². The number of hydrogen-bond donors (Lipinski definition) is 3. The Kier molecular flexibility index (Phi) is 14.2. The number of piperidine rings is 2. The molecule has 0 spiro atoms. The first-order chi connectivity index (χ1) is 37.1. The highest BCUT2D eigenvalue weighted by Crippen LogP contribution is 2.43. The molecule has 2 saturated heterocycles. The van der Waals surface area contributed by atoms with Gasteiger partial charge in [0.2, 0.25) is 17.7 Å². The van der Waals surface area contributed by atoms with Crippen molar-refractivity contribution in [2.24, 2.45) is 13.0 Å². The molecule has 6 heterocycles. The molecule has 1 saturated carbocycles. The smallest absolute Gasteiger partial charge is 0.355 e. The summed E-state index contributed by atoms with van der Waals surface area (Å²) >= 11 is 1.43. The number of pyridine rings is 1. The summed E-state index contributed by atoms with van der Waals surface area (Å²) in [5.41, 5.74) is 8.84. The van der Waals surface area contributed by atoms with Crippen LogP contribution >= 0.6 is 11.3 Å². The van der Waals surface area contributed by atoms with Crippen LogP contribution in [0.1, 0.15) is 151 Å². The molecule has 398 valence electrons. The number of nitrogens with zero attached hydrogens (tertiary/aromatic N) is 6. The fourth-order valence-electron chi connectivity index (χ4n) is 12.2. The van der Waals surface area contributed by atoms with E-state index in [1.807, 2.05) is 84.2 Å². The average molecular weight is 1060 g/mol. The van der Waals surface area contributed by atoms with Gasteiger partial charge >= 0.3 is 5.97 Å². The highest BCUT2D eigenvalue weighted by molar-refractivity contribution is 7.22. The van der Waals surface area contributed by atoms with Gasteiger partial charge in [0.25, 0.3) is 5.91 Å². The molecule has 11 rings (SSSR count). The molecule has 3 aromatic heterocycles. The number of hydrogen-bond acceptors (Lipinski definition) is 11. The lowest BCUT2D eigenvalue weighted by Crippen LogP contribution is -2.39. The van der Waals surface area contributed by atoms with Gasteiger partial charge in [-0.25, -0.2) is 14.8 Å². The summed E-state index contributed by atoms with van der Waals surface area (Å²) in [4.78, 5) is 78.9. The largest absolute Gasteiger partial charge is 0.490 e. The third-order valence-corrected chi connectivity index (χ3v) is 17.5. The minimum absolute atomic E-state index is 0.00112. The normalized spacial score (nSPS) is 19.3. The van der Waals surface area contributed by atoms with E-state index >= 15 is 0 Å². The van der Waals surface area contributed by atoms with Gasteiger partial charge in [-0.2, -0.15) is 5.10 Å². The summed E-state index contributed by atoms with van der Waals surface area (Å²) in [6.07, 6.45) is 8.30. The number of amides is 4. The SMILES string of the molecule is Cc1c(OC2CCC(CCC(=O)N3CCC(c4ccc5c(C6CCC(=O)NC6=O)nn(C)c5c4)CC3)CC2)cccc1-c1c(C(C)(C)C)cc(N2CCc3cccc(C(=O)Nc4nc5ccccc5s4)c3C2)nc1C(=O)O. The molecular formula is C61H66N8O7S. The minimum Gasteiger partial charge on any atom is -0.490 e. The summed E-state index contributed by atoms with van der Waals surface area (Å²) in [5, 5.41) is 22.6. The number of aromatic nitrogens is 4. The maximum Gasteiger partial charge on any atom is 0.355 e. The van der Waals surface area contributed by atoms with Gasteiger partial charge in [-0.3, -0.25) is 34.5 Å². The number of benzene rings is 4. The van der Waals surface area contributed by atoms with Crippen LogP contribution in [-0.2, 0) is 39.8 Å². The molecule has 0 radical (unpaired) electrons. The first-order valence-electron chi connectivity index (χ1n) is 27.2. The number of aryl methyl sites for hydroxylation is 1. The molecular weight excluding hydrogens is 989 g/mol. The van der Waals surface area contributed by atoms with Crippen molar-refractivity contribution in [1.82, 2.24) is 30.0 Å². The van der Waals surface area contributed by atoms with Crippen LogP contribution < -0.4 is 20.3 Å². The van der Waals surface area contributed by atoms with Gasteiger partial charge in [0.05, 0.1) is 33.4 Å². The Hall–Kier alpha value is -7.46. The maximum absolute atomic E-state index is 13.8. The van der Waals surface area contributed by atoms with Crippen molar-refractivity contribution >= 4 is 73.0 Å². The monoisotopic (exact) mass is 1050 g/mol. The number of thiazole rings is 1. The first kappa shape index (κ1) is 51.6. The molecule has 4 amide bonds. The van der Waals surface area contributed by atoms with E-state index in [2.05, 4.69) is 65.6 Å². The van der Waals surface area contributed by atoms with Gasteiger partial charge in [0.15, 0.2) is 10.8 Å². The molecule has 77 heavy (non-hydrogen) atoms. The van der Waals surface area contributed by atoms with Crippen molar-refractivity contribution in [2.45, 2.75) is 128 Å². The molecule has 3 aliphatic heterocycles. The highest BCUT2D eigenvalue weighted by Gasteiger charge is 2.34. The average Bonchev–Trinajstić information content (AvgIpc) is 4.01. The number of carboxylic acid groups (broad SMARTS) is 1. The summed E-state index contributed by atoms with van der Waals surface area (Å²) < 4.78 is 9.60. The number of carboxylic acids is 1. The van der Waals surface area contributed by atoms with Gasteiger partial charge in [0.1, 0.15) is 11.6 Å². The Morgan fingerprint density at radius 2 is 1.65 bits per heavy atom. The van der Waals surface area contributed by atoms with Crippen molar-refractivity contribution in [2.75, 3.05) is 29.9 Å². The lowest BCUT2D eigenvalue weighted by Gasteiger charge is -2.34. The Morgan fingerprint density at radius 1 is 0.870 bits per heavy atom. The molecule has 7 aromatic rings. The van der Waals surface area contributed by atoms with Gasteiger partial charge in [0, 0.05) is 62.6 Å². The molecule has 1 unspecified atom stereocenters. The summed E-state index contributed by atoms with van der Waals surface area (Å²) in [5.74, 6) is -0.0370. The van der Waals surface area contributed by atoms with Gasteiger partial charge in [-0.05, 0) is 152 Å². The third-order valence-electron chi connectivity index (χ3n) is 16.6. The molecule has 1 aliphatic carbocycles. The maximum atomic E-state index is 13.8. The van der Waals surface area contributed by atoms with E-state index in [-0.39, 0.29) is 35.4 Å². The van der Waals surface area contributed by atoms with E-state index in [1.165, 1.54) is 16.9 Å². The summed E-state index contributed by atoms with van der Waals surface area (Å²) in [6.45, 7) is 10.7. The van der Waals surface area contributed by atoms with Crippen molar-refractivity contribution in [1.29, 1.82) is 0 Å². The lowest BCUT2D eigenvalue weighted by atomic mass is 9.80. The van der Waals surface area contributed by atoms with Crippen LogP contribution in [0.5, 0.6) is 5.75 Å². The predicted molar refractivity (Wildman–Crippen MR) is 299 cm³/mol. The number of rotatable bonds is 12. The van der Waals surface area contributed by atoms with Crippen LogP contribution in [0.3, 0.4) is 0 Å².